The Morgan fingerprint density at radius 2 is 2.00 bits per heavy atom. The van der Waals surface area contributed by atoms with Gasteiger partial charge >= 0.3 is 5.97 Å². The average molecular weight is 366 g/mol. The van der Waals surface area contributed by atoms with Crippen LogP contribution in [0.1, 0.15) is 16.2 Å². The van der Waals surface area contributed by atoms with Gasteiger partial charge in [-0.1, -0.05) is 19.6 Å². The number of carbonyl (C=O) groups excluding carboxylic acids is 1. The smallest absolute Gasteiger partial charge is 0.357 e. The number of phenolic OH excluding ortho intramolecular Hbond substituents is 1. The third-order valence-corrected chi connectivity index (χ3v) is 5.45. The Bertz CT molecular complexity index is 765. The van der Waals surface area contributed by atoms with Gasteiger partial charge in [-0.2, -0.15) is 0 Å². The predicted octanol–water partition coefficient (Wildman–Crippen LogP) is 3.00. The Labute approximate surface area is 149 Å². The summed E-state index contributed by atoms with van der Waals surface area (Å²) in [5, 5.41) is 11.5. The number of ether oxygens (including phenoxy) is 1. The van der Waals surface area contributed by atoms with Crippen molar-refractivity contribution in [3.8, 4) is 5.75 Å². The van der Waals surface area contributed by atoms with E-state index in [-0.39, 0.29) is 11.3 Å². The molecule has 7 nitrogen and oxygen atoms in total. The van der Waals surface area contributed by atoms with Crippen LogP contribution in [0.4, 0.5) is 0 Å². The van der Waals surface area contributed by atoms with Crippen LogP contribution in [0.3, 0.4) is 0 Å². The van der Waals surface area contributed by atoms with Crippen LogP contribution in [0.2, 0.25) is 25.7 Å². The Morgan fingerprint density at radius 1 is 1.32 bits per heavy atom. The first-order chi connectivity index (χ1) is 11.6. The Balaban J connectivity index is 2.26. The molecule has 1 aromatic carbocycles. The first kappa shape index (κ1) is 19.4. The van der Waals surface area contributed by atoms with E-state index in [2.05, 4.69) is 24.6 Å². The van der Waals surface area contributed by atoms with E-state index < -0.39 is 14.0 Å². The maximum Gasteiger partial charge on any atom is 0.357 e. The normalized spacial score (nSPS) is 12.1. The second-order valence-corrected chi connectivity index (χ2v) is 13.1. The fourth-order valence-corrected chi connectivity index (χ4v) is 3.11. The van der Waals surface area contributed by atoms with Gasteiger partial charge in [0.15, 0.2) is 0 Å². The van der Waals surface area contributed by atoms with E-state index in [4.69, 9.17) is 9.57 Å². The van der Waals surface area contributed by atoms with Gasteiger partial charge in [0, 0.05) is 28.8 Å². The van der Waals surface area contributed by atoms with Gasteiger partial charge in [0.25, 0.3) is 0 Å². The predicted molar refractivity (Wildman–Crippen MR) is 99.3 cm³/mol. The highest BCUT2D eigenvalue weighted by Gasteiger charge is 2.18. The van der Waals surface area contributed by atoms with E-state index in [1.807, 2.05) is 11.5 Å². The zero-order chi connectivity index (χ0) is 18.8. The summed E-state index contributed by atoms with van der Waals surface area (Å²) in [4.78, 5) is 21.5. The molecule has 0 unspecified atom stereocenters. The summed E-state index contributed by atoms with van der Waals surface area (Å²) >= 11 is 0. The van der Waals surface area contributed by atoms with Crippen molar-refractivity contribution in [2.24, 2.45) is 0 Å². The van der Waals surface area contributed by atoms with Crippen LogP contribution >= 0.6 is 0 Å². The number of aromatic hydroxyl groups is 1. The molecule has 2 aromatic rings. The molecule has 1 aromatic heterocycles. The standard InChI is InChI=1S/C17H27N3O4Si/c1-12-18-16-14(20(12)11-23-7-8-25(4,5)6)9-13(10-15(16)21)17(22)24-19(2)3/h9-10,21H,7-8,11H2,1-6H3. The van der Waals surface area contributed by atoms with Crippen LogP contribution in [-0.2, 0) is 16.3 Å². The Kier molecular flexibility index (Phi) is 5.86. The van der Waals surface area contributed by atoms with E-state index in [1.54, 1.807) is 20.2 Å². The van der Waals surface area contributed by atoms with Gasteiger partial charge in [-0.25, -0.2) is 9.78 Å². The Morgan fingerprint density at radius 3 is 2.60 bits per heavy atom. The number of nitrogens with zero attached hydrogens (tertiary/aromatic N) is 3. The fourth-order valence-electron chi connectivity index (χ4n) is 2.35. The van der Waals surface area contributed by atoms with Gasteiger partial charge < -0.3 is 19.2 Å². The molecule has 0 fully saturated rings. The van der Waals surface area contributed by atoms with Crippen molar-refractivity contribution in [2.45, 2.75) is 39.3 Å². The maximum atomic E-state index is 12.1. The first-order valence-corrected chi connectivity index (χ1v) is 12.0. The van der Waals surface area contributed by atoms with E-state index in [1.165, 1.54) is 11.1 Å². The van der Waals surface area contributed by atoms with Crippen LogP contribution < -0.4 is 0 Å². The number of phenols is 1. The number of imidazole rings is 1. The van der Waals surface area contributed by atoms with Crippen molar-refractivity contribution < 1.29 is 19.5 Å². The lowest BCUT2D eigenvalue weighted by Gasteiger charge is -2.16. The lowest BCUT2D eigenvalue weighted by atomic mass is 10.2. The molecule has 0 aliphatic rings. The van der Waals surface area contributed by atoms with Crippen LogP contribution in [0.25, 0.3) is 11.0 Å². The fraction of sp³-hybridized carbons (Fsp3) is 0.529. The molecule has 0 amide bonds. The van der Waals surface area contributed by atoms with Gasteiger partial charge in [0.1, 0.15) is 23.8 Å². The number of aromatic nitrogens is 2. The summed E-state index contributed by atoms with van der Waals surface area (Å²) in [6, 6.07) is 4.12. The summed E-state index contributed by atoms with van der Waals surface area (Å²) in [6.07, 6.45) is 0. The van der Waals surface area contributed by atoms with Crippen LogP contribution in [0.15, 0.2) is 12.1 Å². The first-order valence-electron chi connectivity index (χ1n) is 8.26. The van der Waals surface area contributed by atoms with Gasteiger partial charge in [-0.3, -0.25) is 0 Å². The van der Waals surface area contributed by atoms with Gasteiger partial charge in [-0.15, -0.1) is 5.06 Å². The van der Waals surface area contributed by atoms with Crippen molar-refractivity contribution in [3.63, 3.8) is 0 Å². The van der Waals surface area contributed by atoms with Gasteiger partial charge in [0.05, 0.1) is 11.1 Å². The van der Waals surface area contributed by atoms with E-state index in [0.29, 0.717) is 24.4 Å². The molecular formula is C17H27N3O4Si. The highest BCUT2D eigenvalue weighted by Crippen LogP contribution is 2.27. The number of fused-ring (bicyclic) bond motifs is 1. The Hall–Kier alpha value is -1.90. The number of benzene rings is 1. The number of aryl methyl sites for hydroxylation is 1. The lowest BCUT2D eigenvalue weighted by molar-refractivity contribution is -0.0713. The molecule has 0 atom stereocenters. The van der Waals surface area contributed by atoms with Crippen LogP contribution in [-0.4, -0.2) is 54.5 Å². The maximum absolute atomic E-state index is 12.1. The average Bonchev–Trinajstić information content (AvgIpc) is 2.78. The molecule has 1 N–H and O–H groups in total. The van der Waals surface area contributed by atoms with E-state index in [0.717, 1.165) is 11.9 Å². The summed E-state index contributed by atoms with van der Waals surface area (Å²) in [5.74, 6) is 0.135. The summed E-state index contributed by atoms with van der Waals surface area (Å²) in [6.45, 7) is 9.76. The molecule has 0 saturated carbocycles. The molecule has 0 spiro atoms. The number of carbonyl (C=O) groups is 1. The summed E-state index contributed by atoms with van der Waals surface area (Å²) in [5.41, 5.74) is 1.37. The van der Waals surface area contributed by atoms with Crippen molar-refractivity contribution in [1.82, 2.24) is 14.6 Å². The zero-order valence-corrected chi connectivity index (χ0v) is 16.8. The molecule has 1 heterocycles. The van der Waals surface area contributed by atoms with E-state index in [9.17, 15) is 9.90 Å². The third-order valence-electron chi connectivity index (χ3n) is 3.74. The summed E-state index contributed by atoms with van der Waals surface area (Å²) < 4.78 is 7.65. The summed E-state index contributed by atoms with van der Waals surface area (Å²) in [7, 11) is 2.09. The molecule has 0 aliphatic heterocycles. The minimum absolute atomic E-state index is 0.0489. The number of hydrogen-bond donors (Lipinski definition) is 1. The highest BCUT2D eigenvalue weighted by molar-refractivity contribution is 6.76. The van der Waals surface area contributed by atoms with Crippen molar-refractivity contribution in [3.05, 3.63) is 23.5 Å². The molecule has 0 radical (unpaired) electrons. The second kappa shape index (κ2) is 7.55. The molecule has 2 rings (SSSR count). The number of hydrogen-bond acceptors (Lipinski definition) is 6. The molecule has 25 heavy (non-hydrogen) atoms. The third kappa shape index (κ3) is 5.04. The quantitative estimate of drug-likeness (QED) is 0.462. The molecule has 138 valence electrons. The monoisotopic (exact) mass is 365 g/mol. The van der Waals surface area contributed by atoms with E-state index >= 15 is 0 Å². The highest BCUT2D eigenvalue weighted by atomic mass is 28.3. The zero-order valence-electron chi connectivity index (χ0n) is 15.8. The minimum atomic E-state index is -1.15. The van der Waals surface area contributed by atoms with Crippen LogP contribution in [0.5, 0.6) is 5.75 Å². The van der Waals surface area contributed by atoms with Gasteiger partial charge in [-0.05, 0) is 25.1 Å². The number of rotatable bonds is 7. The molecule has 0 bridgehead atoms. The number of hydroxylamine groups is 2. The SMILES string of the molecule is Cc1nc2c(O)cc(C(=O)ON(C)C)cc2n1COCC[Si](C)(C)C. The van der Waals surface area contributed by atoms with Crippen molar-refractivity contribution >= 4 is 25.1 Å². The molecule has 8 heteroatoms. The molecule has 0 aliphatic carbocycles. The van der Waals surface area contributed by atoms with Gasteiger partial charge in [0.2, 0.25) is 0 Å². The topological polar surface area (TPSA) is 76.8 Å². The molecular weight excluding hydrogens is 338 g/mol. The van der Waals surface area contributed by atoms with Crippen LogP contribution in [0, 0.1) is 6.92 Å². The second-order valence-electron chi connectivity index (χ2n) is 7.49. The van der Waals surface area contributed by atoms with Crippen molar-refractivity contribution in [2.75, 3.05) is 20.7 Å². The minimum Gasteiger partial charge on any atom is -0.506 e. The van der Waals surface area contributed by atoms with Crippen molar-refractivity contribution in [1.29, 1.82) is 0 Å². The lowest BCUT2D eigenvalue weighted by Crippen LogP contribution is -2.22. The molecule has 0 saturated heterocycles. The largest absolute Gasteiger partial charge is 0.506 e.